The van der Waals surface area contributed by atoms with E-state index in [9.17, 15) is 18.0 Å². The number of carbonyl (C=O) groups excluding carboxylic acids is 1. The van der Waals surface area contributed by atoms with Gasteiger partial charge in [-0.1, -0.05) is 6.07 Å². The summed E-state index contributed by atoms with van der Waals surface area (Å²) in [6, 6.07) is 6.58. The van der Waals surface area contributed by atoms with E-state index in [-0.39, 0.29) is 18.0 Å². The maximum Gasteiger partial charge on any atom is 0.416 e. The lowest BCUT2D eigenvalue weighted by atomic mass is 10.1. The van der Waals surface area contributed by atoms with Gasteiger partial charge in [0.2, 0.25) is 5.91 Å². The van der Waals surface area contributed by atoms with Crippen molar-refractivity contribution in [1.82, 2.24) is 19.6 Å². The van der Waals surface area contributed by atoms with Crippen LogP contribution in [0.25, 0.3) is 16.7 Å². The molecule has 1 amide bonds. The average Bonchev–Trinajstić information content (AvgIpc) is 3.06. The summed E-state index contributed by atoms with van der Waals surface area (Å²) in [5.74, 6) is -0.373. The highest BCUT2D eigenvalue weighted by atomic mass is 19.4. The molecule has 0 aliphatic rings. The molecule has 0 radical (unpaired) electrons. The molecule has 4 rings (SSSR count). The highest BCUT2D eigenvalue weighted by molar-refractivity contribution is 5.93. The Balaban J connectivity index is 1.58. The van der Waals surface area contributed by atoms with Gasteiger partial charge in [0, 0.05) is 29.2 Å². The summed E-state index contributed by atoms with van der Waals surface area (Å²) in [6.45, 7) is 7.70. The molecule has 4 aromatic rings. The third-order valence-electron chi connectivity index (χ3n) is 5.49. The first kappa shape index (κ1) is 21.7. The third-order valence-corrected chi connectivity index (χ3v) is 5.49. The van der Waals surface area contributed by atoms with Crippen molar-refractivity contribution in [2.24, 2.45) is 0 Å². The van der Waals surface area contributed by atoms with Gasteiger partial charge >= 0.3 is 6.18 Å². The maximum absolute atomic E-state index is 12.9. The number of benzene rings is 1. The topological polar surface area (TPSA) is 72.2 Å². The van der Waals surface area contributed by atoms with Gasteiger partial charge in [-0.25, -0.2) is 14.5 Å². The number of anilines is 1. The first-order valence-electron chi connectivity index (χ1n) is 10.1. The Labute approximate surface area is 182 Å². The van der Waals surface area contributed by atoms with Gasteiger partial charge in [-0.05, 0) is 69.5 Å². The number of nitrogens with zero attached hydrogens (tertiary/aromatic N) is 4. The molecule has 3 heterocycles. The van der Waals surface area contributed by atoms with Crippen molar-refractivity contribution in [1.29, 1.82) is 0 Å². The number of hydrogen-bond acceptors (Lipinski definition) is 4. The quantitative estimate of drug-likeness (QED) is 0.478. The van der Waals surface area contributed by atoms with E-state index in [1.807, 2.05) is 33.8 Å². The molecule has 0 saturated carbocycles. The van der Waals surface area contributed by atoms with Crippen molar-refractivity contribution in [3.8, 4) is 0 Å². The predicted octanol–water partition coefficient (Wildman–Crippen LogP) is 5.10. The Morgan fingerprint density at radius 1 is 1.09 bits per heavy atom. The van der Waals surface area contributed by atoms with Gasteiger partial charge in [-0.2, -0.15) is 13.2 Å². The fourth-order valence-electron chi connectivity index (χ4n) is 3.96. The summed E-state index contributed by atoms with van der Waals surface area (Å²) in [6.07, 6.45) is -3.98. The Morgan fingerprint density at radius 2 is 1.84 bits per heavy atom. The SMILES string of the molecule is Cc1cc(C)c2c(n1)nn1c(C)c(CCC(=O)Nc3cccc(C(F)(F)F)c3)c(C)nc21. The average molecular weight is 441 g/mol. The number of aryl methyl sites for hydroxylation is 4. The fourth-order valence-corrected chi connectivity index (χ4v) is 3.96. The number of aromatic nitrogens is 4. The van der Waals surface area contributed by atoms with Crippen molar-refractivity contribution in [3.63, 3.8) is 0 Å². The Bertz CT molecular complexity index is 1360. The maximum atomic E-state index is 12.9. The molecule has 1 N–H and O–H groups in total. The largest absolute Gasteiger partial charge is 0.416 e. The van der Waals surface area contributed by atoms with Crippen molar-refractivity contribution in [2.75, 3.05) is 5.32 Å². The summed E-state index contributed by atoms with van der Waals surface area (Å²) in [5.41, 5.74) is 5.08. The number of fused-ring (bicyclic) bond motifs is 3. The molecule has 1 aromatic carbocycles. The molecule has 9 heteroatoms. The van der Waals surface area contributed by atoms with E-state index in [4.69, 9.17) is 4.98 Å². The first-order valence-corrected chi connectivity index (χ1v) is 10.1. The number of rotatable bonds is 4. The number of hydrogen-bond donors (Lipinski definition) is 1. The van der Waals surface area contributed by atoms with E-state index in [0.29, 0.717) is 12.1 Å². The lowest BCUT2D eigenvalue weighted by Crippen LogP contribution is -2.15. The van der Waals surface area contributed by atoms with Crippen LogP contribution in [0.1, 0.15) is 40.2 Å². The second-order valence-electron chi connectivity index (χ2n) is 7.90. The van der Waals surface area contributed by atoms with E-state index in [0.717, 1.165) is 51.4 Å². The molecule has 0 atom stereocenters. The highest BCUT2D eigenvalue weighted by Crippen LogP contribution is 2.31. The van der Waals surface area contributed by atoms with E-state index < -0.39 is 11.7 Å². The molecule has 0 bridgehead atoms. The van der Waals surface area contributed by atoms with Gasteiger partial charge in [0.1, 0.15) is 0 Å². The summed E-state index contributed by atoms with van der Waals surface area (Å²) in [5, 5.41) is 8.04. The van der Waals surface area contributed by atoms with Gasteiger partial charge < -0.3 is 5.32 Å². The zero-order valence-corrected chi connectivity index (χ0v) is 18.1. The van der Waals surface area contributed by atoms with Gasteiger partial charge in [-0.3, -0.25) is 4.79 Å². The summed E-state index contributed by atoms with van der Waals surface area (Å²) >= 11 is 0. The molecule has 0 unspecified atom stereocenters. The minimum absolute atomic E-state index is 0.0995. The van der Waals surface area contributed by atoms with Crippen LogP contribution in [0.15, 0.2) is 30.3 Å². The van der Waals surface area contributed by atoms with Crippen LogP contribution in [0.5, 0.6) is 0 Å². The van der Waals surface area contributed by atoms with E-state index in [1.54, 1.807) is 4.52 Å². The molecule has 0 spiro atoms. The molecule has 3 aromatic heterocycles. The van der Waals surface area contributed by atoms with E-state index in [1.165, 1.54) is 12.1 Å². The Hall–Kier alpha value is -3.49. The molecule has 32 heavy (non-hydrogen) atoms. The number of nitrogens with one attached hydrogen (secondary N) is 1. The molecule has 6 nitrogen and oxygen atoms in total. The zero-order valence-electron chi connectivity index (χ0n) is 18.1. The van der Waals surface area contributed by atoms with Gasteiger partial charge in [0.15, 0.2) is 11.3 Å². The molecule has 0 aliphatic carbocycles. The van der Waals surface area contributed by atoms with Crippen LogP contribution in [0, 0.1) is 27.7 Å². The van der Waals surface area contributed by atoms with Crippen LogP contribution >= 0.6 is 0 Å². The highest BCUT2D eigenvalue weighted by Gasteiger charge is 2.30. The molecular formula is C23H22F3N5O. The molecular weight excluding hydrogens is 419 g/mol. The number of carbonyl (C=O) groups is 1. The van der Waals surface area contributed by atoms with Crippen LogP contribution in [0.2, 0.25) is 0 Å². The standard InChI is InChI=1S/C23H22F3N5O/c1-12-10-13(2)27-21-20(12)22-28-14(3)18(15(4)31(22)30-21)8-9-19(32)29-17-7-5-6-16(11-17)23(24,25)26/h5-7,10-11H,8-9H2,1-4H3,(H,29,32). The number of pyridine rings is 1. The summed E-state index contributed by atoms with van der Waals surface area (Å²) < 4.78 is 40.4. The third kappa shape index (κ3) is 4.02. The van der Waals surface area contributed by atoms with Crippen LogP contribution < -0.4 is 5.32 Å². The Kier molecular flexibility index (Phi) is 5.36. The number of halogens is 3. The van der Waals surface area contributed by atoms with Crippen molar-refractivity contribution in [2.45, 2.75) is 46.7 Å². The fraction of sp³-hybridized carbons (Fsp3) is 0.304. The van der Waals surface area contributed by atoms with Crippen LogP contribution in [-0.2, 0) is 17.4 Å². The number of amides is 1. The van der Waals surface area contributed by atoms with Gasteiger partial charge in [0.25, 0.3) is 0 Å². The lowest BCUT2D eigenvalue weighted by molar-refractivity contribution is -0.137. The predicted molar refractivity (Wildman–Crippen MR) is 116 cm³/mol. The number of alkyl halides is 3. The molecule has 0 aliphatic heterocycles. The summed E-state index contributed by atoms with van der Waals surface area (Å²) in [7, 11) is 0. The van der Waals surface area contributed by atoms with Crippen molar-refractivity contribution in [3.05, 3.63) is 64.1 Å². The van der Waals surface area contributed by atoms with Crippen LogP contribution in [-0.4, -0.2) is 25.5 Å². The molecule has 166 valence electrons. The Morgan fingerprint density at radius 3 is 2.56 bits per heavy atom. The van der Waals surface area contributed by atoms with Crippen LogP contribution in [0.4, 0.5) is 18.9 Å². The van der Waals surface area contributed by atoms with Gasteiger partial charge in [0.05, 0.1) is 10.9 Å². The van der Waals surface area contributed by atoms with Crippen molar-refractivity contribution < 1.29 is 18.0 Å². The van der Waals surface area contributed by atoms with Crippen molar-refractivity contribution >= 4 is 28.3 Å². The minimum atomic E-state index is -4.46. The van der Waals surface area contributed by atoms with E-state index >= 15 is 0 Å². The molecule has 0 fully saturated rings. The van der Waals surface area contributed by atoms with Gasteiger partial charge in [-0.15, -0.1) is 5.10 Å². The normalized spacial score (nSPS) is 12.0. The second kappa shape index (κ2) is 7.89. The lowest BCUT2D eigenvalue weighted by Gasteiger charge is -2.12. The second-order valence-corrected chi connectivity index (χ2v) is 7.90. The zero-order chi connectivity index (χ0) is 23.2. The first-order chi connectivity index (χ1) is 15.0. The van der Waals surface area contributed by atoms with Crippen LogP contribution in [0.3, 0.4) is 0 Å². The summed E-state index contributed by atoms with van der Waals surface area (Å²) in [4.78, 5) is 21.6. The monoisotopic (exact) mass is 441 g/mol. The smallest absolute Gasteiger partial charge is 0.326 e. The molecule has 0 saturated heterocycles. The minimum Gasteiger partial charge on any atom is -0.326 e. The van der Waals surface area contributed by atoms with E-state index in [2.05, 4.69) is 15.4 Å².